The van der Waals surface area contributed by atoms with Gasteiger partial charge in [0.15, 0.2) is 0 Å². The Balaban J connectivity index is 1.63. The lowest BCUT2D eigenvalue weighted by atomic mass is 9.63. The molecule has 4 nitrogen and oxygen atoms in total. The van der Waals surface area contributed by atoms with E-state index in [1.165, 1.54) is 0 Å². The van der Waals surface area contributed by atoms with Gasteiger partial charge >= 0.3 is 0 Å². The molecule has 2 fully saturated rings. The lowest BCUT2D eigenvalue weighted by Gasteiger charge is -2.37. The number of halogens is 1. The number of benzene rings is 1. The Kier molecular flexibility index (Phi) is 3.40. The minimum Gasteiger partial charge on any atom is -0.272 e. The van der Waals surface area contributed by atoms with Crippen LogP contribution in [0.5, 0.6) is 0 Å². The molecule has 1 aromatic carbocycles. The molecule has 1 aliphatic heterocycles. The fourth-order valence-electron chi connectivity index (χ4n) is 3.87. The molecule has 1 saturated carbocycles. The average Bonchev–Trinajstić information content (AvgIpc) is 2.82. The van der Waals surface area contributed by atoms with Crippen molar-refractivity contribution in [1.82, 2.24) is 5.01 Å². The summed E-state index contributed by atoms with van der Waals surface area (Å²) in [5.41, 5.74) is 0.916. The maximum absolute atomic E-state index is 12.6. The lowest BCUT2D eigenvalue weighted by molar-refractivity contribution is -0.140. The van der Waals surface area contributed by atoms with Crippen molar-refractivity contribution in [1.29, 1.82) is 0 Å². The van der Waals surface area contributed by atoms with Gasteiger partial charge in [0.25, 0.3) is 11.8 Å². The number of allylic oxidation sites excluding steroid dienone is 2. The summed E-state index contributed by atoms with van der Waals surface area (Å²) in [6, 6.07) is 7.76. The topological polar surface area (TPSA) is 49.7 Å². The van der Waals surface area contributed by atoms with Crippen molar-refractivity contribution in [3.8, 4) is 0 Å². The van der Waals surface area contributed by atoms with Gasteiger partial charge in [0.1, 0.15) is 0 Å². The zero-order valence-electron chi connectivity index (χ0n) is 11.9. The summed E-state index contributed by atoms with van der Waals surface area (Å²) in [6.07, 6.45) is 7.87. The summed E-state index contributed by atoms with van der Waals surface area (Å²) in [5.74, 6) is -0.217. The van der Waals surface area contributed by atoms with E-state index >= 15 is 0 Å². The normalized spacial score (nSPS) is 33.0. The van der Waals surface area contributed by atoms with Crippen LogP contribution in [0.25, 0.3) is 0 Å². The highest BCUT2D eigenvalue weighted by atomic mass is 127. The first-order valence-corrected chi connectivity index (χ1v) is 8.59. The van der Waals surface area contributed by atoms with Crippen LogP contribution in [-0.4, -0.2) is 23.0 Å². The van der Waals surface area contributed by atoms with Gasteiger partial charge in [-0.2, -0.15) is 10.1 Å². The number of hydrazone groups is 1. The number of amides is 2. The molecule has 1 aromatic rings. The molecule has 3 aliphatic carbocycles. The predicted octanol–water partition coefficient (Wildman–Crippen LogP) is 2.82. The highest BCUT2D eigenvalue weighted by Gasteiger charge is 2.56. The SMILES string of the molecule is O=C1[C@@H]2[C@H](C(=O)N1/N=C\c1ccccc1I)[C@@H]1C=C[C@@H]2CC1. The smallest absolute Gasteiger partial charge is 0.254 e. The van der Waals surface area contributed by atoms with Crippen molar-refractivity contribution in [2.75, 3.05) is 0 Å². The first-order valence-electron chi connectivity index (χ1n) is 7.51. The van der Waals surface area contributed by atoms with Crippen molar-refractivity contribution in [3.63, 3.8) is 0 Å². The van der Waals surface area contributed by atoms with Crippen molar-refractivity contribution in [2.24, 2.45) is 28.8 Å². The summed E-state index contributed by atoms with van der Waals surface area (Å²) in [4.78, 5) is 25.2. The summed E-state index contributed by atoms with van der Waals surface area (Å²) in [6.45, 7) is 0. The zero-order valence-corrected chi connectivity index (χ0v) is 14.0. The van der Waals surface area contributed by atoms with E-state index in [9.17, 15) is 9.59 Å². The maximum Gasteiger partial charge on any atom is 0.254 e. The van der Waals surface area contributed by atoms with Crippen LogP contribution in [0.3, 0.4) is 0 Å². The van der Waals surface area contributed by atoms with Crippen LogP contribution >= 0.6 is 22.6 Å². The van der Waals surface area contributed by atoms with Gasteiger partial charge < -0.3 is 0 Å². The highest BCUT2D eigenvalue weighted by molar-refractivity contribution is 14.1. The van der Waals surface area contributed by atoms with Crippen LogP contribution < -0.4 is 0 Å². The van der Waals surface area contributed by atoms with Gasteiger partial charge in [-0.3, -0.25) is 9.59 Å². The number of hydrogen-bond donors (Lipinski definition) is 0. The molecule has 112 valence electrons. The molecule has 22 heavy (non-hydrogen) atoms. The number of carbonyl (C=O) groups excluding carboxylic acids is 2. The van der Waals surface area contributed by atoms with Crippen LogP contribution in [0.15, 0.2) is 41.5 Å². The van der Waals surface area contributed by atoms with Crippen LogP contribution in [0.1, 0.15) is 18.4 Å². The van der Waals surface area contributed by atoms with Gasteiger partial charge in [-0.1, -0.05) is 30.4 Å². The van der Waals surface area contributed by atoms with E-state index in [2.05, 4.69) is 39.8 Å². The first kappa shape index (κ1) is 14.1. The average molecular weight is 406 g/mol. The summed E-state index contributed by atoms with van der Waals surface area (Å²) in [7, 11) is 0. The quantitative estimate of drug-likeness (QED) is 0.328. The van der Waals surface area contributed by atoms with Crippen molar-refractivity contribution < 1.29 is 9.59 Å². The van der Waals surface area contributed by atoms with Gasteiger partial charge in [-0.25, -0.2) is 0 Å². The molecule has 0 spiro atoms. The number of carbonyl (C=O) groups is 2. The monoisotopic (exact) mass is 406 g/mol. The summed E-state index contributed by atoms with van der Waals surface area (Å²) >= 11 is 2.22. The van der Waals surface area contributed by atoms with Gasteiger partial charge in [0, 0.05) is 9.13 Å². The molecule has 5 rings (SSSR count). The second-order valence-electron chi connectivity index (χ2n) is 6.10. The molecule has 0 aromatic heterocycles. The van der Waals surface area contributed by atoms with Gasteiger partial charge in [-0.05, 0) is 53.3 Å². The molecule has 2 bridgehead atoms. The van der Waals surface area contributed by atoms with Gasteiger partial charge in [-0.15, -0.1) is 0 Å². The molecule has 4 atom stereocenters. The molecule has 1 heterocycles. The minimum atomic E-state index is -0.191. The fourth-order valence-corrected chi connectivity index (χ4v) is 4.40. The molecular formula is C17H15IN2O2. The van der Waals surface area contributed by atoms with Crippen LogP contribution in [-0.2, 0) is 9.59 Å². The second kappa shape index (κ2) is 5.30. The molecule has 0 N–H and O–H groups in total. The largest absolute Gasteiger partial charge is 0.272 e. The Hall–Kier alpha value is -1.50. The van der Waals surface area contributed by atoms with E-state index in [1.54, 1.807) is 6.21 Å². The molecule has 5 heteroatoms. The molecule has 1 saturated heterocycles. The first-order chi connectivity index (χ1) is 10.7. The third-order valence-electron chi connectivity index (χ3n) is 4.95. The van der Waals surface area contributed by atoms with Crippen molar-refractivity contribution in [3.05, 3.63) is 45.6 Å². The predicted molar refractivity (Wildman–Crippen MR) is 90.9 cm³/mol. The van der Waals surface area contributed by atoms with E-state index in [1.807, 2.05) is 24.3 Å². The number of fused-ring (bicyclic) bond motifs is 1. The Labute approximate surface area is 142 Å². The number of rotatable bonds is 2. The van der Waals surface area contributed by atoms with E-state index < -0.39 is 0 Å². The highest BCUT2D eigenvalue weighted by Crippen LogP contribution is 2.49. The van der Waals surface area contributed by atoms with E-state index in [-0.39, 0.29) is 35.5 Å². The van der Waals surface area contributed by atoms with E-state index in [0.29, 0.717) is 0 Å². The summed E-state index contributed by atoms with van der Waals surface area (Å²) in [5, 5.41) is 5.32. The van der Waals surface area contributed by atoms with Gasteiger partial charge in [0.2, 0.25) is 0 Å². The number of imide groups is 1. The molecule has 0 radical (unpaired) electrons. The maximum atomic E-state index is 12.6. The minimum absolute atomic E-state index is 0.128. The number of nitrogens with zero attached hydrogens (tertiary/aromatic N) is 2. The third-order valence-corrected chi connectivity index (χ3v) is 5.94. The van der Waals surface area contributed by atoms with Crippen LogP contribution in [0, 0.1) is 27.2 Å². The lowest BCUT2D eigenvalue weighted by Crippen LogP contribution is -2.38. The van der Waals surface area contributed by atoms with Crippen molar-refractivity contribution >= 4 is 40.6 Å². The zero-order chi connectivity index (χ0) is 15.3. The van der Waals surface area contributed by atoms with Crippen LogP contribution in [0.4, 0.5) is 0 Å². The molecule has 2 amide bonds. The summed E-state index contributed by atoms with van der Waals surface area (Å²) < 4.78 is 1.04. The third kappa shape index (κ3) is 2.06. The molecule has 0 unspecified atom stereocenters. The fraction of sp³-hybridized carbons (Fsp3) is 0.353. The Morgan fingerprint density at radius 3 is 2.18 bits per heavy atom. The number of hydrogen-bond acceptors (Lipinski definition) is 3. The van der Waals surface area contributed by atoms with Gasteiger partial charge in [0.05, 0.1) is 18.1 Å². The standard InChI is InChI=1S/C17H15IN2O2/c18-13-4-2-1-3-12(13)9-19-20-16(21)14-10-5-6-11(8-7-10)15(14)17(20)22/h1-6,9-11,14-15H,7-8H2/b19-9-/t10-,11-,14-,15+/m1/s1. The Morgan fingerprint density at radius 1 is 1.05 bits per heavy atom. The Morgan fingerprint density at radius 2 is 1.64 bits per heavy atom. The van der Waals surface area contributed by atoms with Crippen LogP contribution in [0.2, 0.25) is 0 Å². The Bertz CT molecular complexity index is 680. The second-order valence-corrected chi connectivity index (χ2v) is 7.26. The molecule has 4 aliphatic rings. The molecular weight excluding hydrogens is 391 g/mol. The van der Waals surface area contributed by atoms with E-state index in [4.69, 9.17) is 0 Å². The van der Waals surface area contributed by atoms with Crippen molar-refractivity contribution in [2.45, 2.75) is 12.8 Å². The van der Waals surface area contributed by atoms with E-state index in [0.717, 1.165) is 27.0 Å².